The van der Waals surface area contributed by atoms with Crippen LogP contribution in [0.3, 0.4) is 0 Å². The first kappa shape index (κ1) is 8.10. The zero-order valence-corrected chi connectivity index (χ0v) is 7.32. The number of hydrogen-bond acceptors (Lipinski definition) is 2. The van der Waals surface area contributed by atoms with Crippen molar-refractivity contribution in [2.45, 2.75) is 25.9 Å². The van der Waals surface area contributed by atoms with Crippen molar-refractivity contribution in [1.82, 2.24) is 15.1 Å². The summed E-state index contributed by atoms with van der Waals surface area (Å²) in [7, 11) is 0. The van der Waals surface area contributed by atoms with Crippen molar-refractivity contribution < 1.29 is 9.90 Å². The number of amides is 1. The van der Waals surface area contributed by atoms with Gasteiger partial charge in [0.05, 0.1) is 12.2 Å². The van der Waals surface area contributed by atoms with Crippen LogP contribution in [0.1, 0.15) is 18.2 Å². The number of carboxylic acid groups (broad SMARTS) is 1. The highest BCUT2D eigenvalue weighted by atomic mass is 16.4. The van der Waals surface area contributed by atoms with Crippen LogP contribution >= 0.6 is 0 Å². The summed E-state index contributed by atoms with van der Waals surface area (Å²) in [5.74, 6) is 0. The molecule has 0 saturated carbocycles. The number of nitrogens with one attached hydrogen (secondary N) is 1. The van der Waals surface area contributed by atoms with E-state index in [0.717, 1.165) is 11.3 Å². The van der Waals surface area contributed by atoms with Gasteiger partial charge in [-0.3, -0.25) is 5.10 Å². The Balaban J connectivity index is 2.27. The molecule has 2 rings (SSSR count). The second-order valence-electron chi connectivity index (χ2n) is 3.32. The molecule has 0 aliphatic carbocycles. The molecule has 5 nitrogen and oxygen atoms in total. The van der Waals surface area contributed by atoms with Crippen molar-refractivity contribution in [2.24, 2.45) is 0 Å². The van der Waals surface area contributed by atoms with Crippen LogP contribution in [0.4, 0.5) is 4.79 Å². The second-order valence-corrected chi connectivity index (χ2v) is 3.32. The second kappa shape index (κ2) is 2.76. The smallest absolute Gasteiger partial charge is 0.407 e. The minimum absolute atomic E-state index is 0.0216. The molecule has 0 spiro atoms. The van der Waals surface area contributed by atoms with Crippen LogP contribution < -0.4 is 0 Å². The van der Waals surface area contributed by atoms with Crippen LogP contribution in [0.2, 0.25) is 0 Å². The van der Waals surface area contributed by atoms with Crippen LogP contribution in [0.5, 0.6) is 0 Å². The lowest BCUT2D eigenvalue weighted by molar-refractivity contribution is 0.119. The Kier molecular flexibility index (Phi) is 1.72. The van der Waals surface area contributed by atoms with Crippen molar-refractivity contribution in [3.63, 3.8) is 0 Å². The Bertz CT molecular complexity index is 334. The summed E-state index contributed by atoms with van der Waals surface area (Å²) in [4.78, 5) is 12.2. The third kappa shape index (κ3) is 1.26. The number of aromatic nitrogens is 2. The Morgan fingerprint density at radius 3 is 3.31 bits per heavy atom. The lowest BCUT2D eigenvalue weighted by Gasteiger charge is -2.29. The van der Waals surface area contributed by atoms with Gasteiger partial charge in [0.1, 0.15) is 0 Å². The molecule has 0 fully saturated rings. The van der Waals surface area contributed by atoms with E-state index in [0.29, 0.717) is 13.0 Å². The number of fused-ring (bicyclic) bond motifs is 1. The van der Waals surface area contributed by atoms with E-state index in [4.69, 9.17) is 5.11 Å². The SMILES string of the molecule is C[C@@H]1Cc2n[nH]cc2CN1C(=O)O. The van der Waals surface area contributed by atoms with Gasteiger partial charge < -0.3 is 10.0 Å². The first-order valence-electron chi connectivity index (χ1n) is 4.19. The van der Waals surface area contributed by atoms with Gasteiger partial charge in [0, 0.05) is 24.2 Å². The van der Waals surface area contributed by atoms with E-state index < -0.39 is 6.09 Å². The van der Waals surface area contributed by atoms with Crippen molar-refractivity contribution in [1.29, 1.82) is 0 Å². The van der Waals surface area contributed by atoms with Gasteiger partial charge in [-0.1, -0.05) is 0 Å². The van der Waals surface area contributed by atoms with Crippen LogP contribution in [0.15, 0.2) is 6.20 Å². The number of carbonyl (C=O) groups is 1. The molecule has 1 aromatic rings. The van der Waals surface area contributed by atoms with Gasteiger partial charge in [0.15, 0.2) is 0 Å². The fourth-order valence-corrected chi connectivity index (χ4v) is 1.64. The minimum atomic E-state index is -0.862. The Morgan fingerprint density at radius 1 is 1.85 bits per heavy atom. The number of rotatable bonds is 0. The maximum absolute atomic E-state index is 10.8. The van der Waals surface area contributed by atoms with Crippen LogP contribution in [-0.2, 0) is 13.0 Å². The van der Waals surface area contributed by atoms with Crippen molar-refractivity contribution in [3.05, 3.63) is 17.5 Å². The zero-order valence-electron chi connectivity index (χ0n) is 7.32. The third-order valence-corrected chi connectivity index (χ3v) is 2.42. The molecular weight excluding hydrogens is 170 g/mol. The zero-order chi connectivity index (χ0) is 9.42. The topological polar surface area (TPSA) is 69.2 Å². The number of nitrogens with zero attached hydrogens (tertiary/aromatic N) is 2. The van der Waals surface area contributed by atoms with E-state index >= 15 is 0 Å². The lowest BCUT2D eigenvalue weighted by atomic mass is 10.0. The molecule has 0 unspecified atom stereocenters. The largest absolute Gasteiger partial charge is 0.465 e. The fourth-order valence-electron chi connectivity index (χ4n) is 1.64. The van der Waals surface area contributed by atoms with Gasteiger partial charge in [0.2, 0.25) is 0 Å². The quantitative estimate of drug-likeness (QED) is 0.623. The molecule has 5 heteroatoms. The molecule has 1 aliphatic heterocycles. The van der Waals surface area contributed by atoms with Gasteiger partial charge in [0.25, 0.3) is 0 Å². The van der Waals surface area contributed by atoms with Gasteiger partial charge in [-0.05, 0) is 6.92 Å². The van der Waals surface area contributed by atoms with E-state index in [1.165, 1.54) is 4.90 Å². The Labute approximate surface area is 75.4 Å². The molecule has 70 valence electrons. The summed E-state index contributed by atoms with van der Waals surface area (Å²) >= 11 is 0. The van der Waals surface area contributed by atoms with Gasteiger partial charge in [-0.15, -0.1) is 0 Å². The molecule has 13 heavy (non-hydrogen) atoms. The molecule has 1 aromatic heterocycles. The van der Waals surface area contributed by atoms with E-state index in [-0.39, 0.29) is 6.04 Å². The number of H-pyrrole nitrogens is 1. The average molecular weight is 181 g/mol. The first-order chi connectivity index (χ1) is 6.18. The molecule has 0 saturated heterocycles. The highest BCUT2D eigenvalue weighted by molar-refractivity contribution is 5.66. The molecule has 1 aliphatic rings. The summed E-state index contributed by atoms with van der Waals surface area (Å²) in [5, 5.41) is 15.7. The molecule has 0 bridgehead atoms. The molecule has 0 radical (unpaired) electrons. The van der Waals surface area contributed by atoms with E-state index in [9.17, 15) is 4.79 Å². The van der Waals surface area contributed by atoms with Gasteiger partial charge in [-0.25, -0.2) is 4.79 Å². The molecule has 1 amide bonds. The third-order valence-electron chi connectivity index (χ3n) is 2.42. The van der Waals surface area contributed by atoms with Crippen LogP contribution in [-0.4, -0.2) is 32.3 Å². The van der Waals surface area contributed by atoms with E-state index in [1.54, 1.807) is 6.20 Å². The maximum Gasteiger partial charge on any atom is 0.407 e. The van der Waals surface area contributed by atoms with Gasteiger partial charge >= 0.3 is 6.09 Å². The molecule has 1 atom stereocenters. The van der Waals surface area contributed by atoms with Crippen LogP contribution in [0.25, 0.3) is 0 Å². The molecule has 2 N–H and O–H groups in total. The van der Waals surface area contributed by atoms with Crippen molar-refractivity contribution in [3.8, 4) is 0 Å². The number of aromatic amines is 1. The minimum Gasteiger partial charge on any atom is -0.465 e. The summed E-state index contributed by atoms with van der Waals surface area (Å²) in [5.41, 5.74) is 1.98. The molecule has 0 aromatic carbocycles. The van der Waals surface area contributed by atoms with E-state index in [2.05, 4.69) is 10.2 Å². The highest BCUT2D eigenvalue weighted by Gasteiger charge is 2.27. The first-order valence-corrected chi connectivity index (χ1v) is 4.19. The fraction of sp³-hybridized carbons (Fsp3) is 0.500. The van der Waals surface area contributed by atoms with Gasteiger partial charge in [-0.2, -0.15) is 5.10 Å². The maximum atomic E-state index is 10.8. The highest BCUT2D eigenvalue weighted by Crippen LogP contribution is 2.20. The summed E-state index contributed by atoms with van der Waals surface area (Å²) < 4.78 is 0. The summed E-state index contributed by atoms with van der Waals surface area (Å²) in [6.07, 6.45) is 1.60. The normalized spacial score (nSPS) is 21.3. The standard InChI is InChI=1S/C8H11N3O2/c1-5-2-7-6(3-9-10-7)4-11(5)8(12)13/h3,5H,2,4H2,1H3,(H,9,10)(H,12,13)/t5-/m1/s1. The van der Waals surface area contributed by atoms with Crippen LogP contribution in [0, 0.1) is 0 Å². The molecular formula is C8H11N3O2. The average Bonchev–Trinajstić information content (AvgIpc) is 2.48. The summed E-state index contributed by atoms with van der Waals surface area (Å²) in [6.45, 7) is 2.34. The predicted molar refractivity (Wildman–Crippen MR) is 45.3 cm³/mol. The lowest BCUT2D eigenvalue weighted by Crippen LogP contribution is -2.41. The summed E-state index contributed by atoms with van der Waals surface area (Å²) in [6, 6.07) is 0.0216. The number of hydrogen-bond donors (Lipinski definition) is 2. The predicted octanol–water partition coefficient (Wildman–Crippen LogP) is 0.834. The van der Waals surface area contributed by atoms with Crippen molar-refractivity contribution in [2.75, 3.05) is 0 Å². The van der Waals surface area contributed by atoms with E-state index in [1.807, 2.05) is 6.92 Å². The monoisotopic (exact) mass is 181 g/mol. The molecule has 2 heterocycles. The Morgan fingerprint density at radius 2 is 2.62 bits per heavy atom. The Hall–Kier alpha value is -1.52. The van der Waals surface area contributed by atoms with Crippen molar-refractivity contribution >= 4 is 6.09 Å².